The molecule has 1 saturated heterocycles. The summed E-state index contributed by atoms with van der Waals surface area (Å²) in [5, 5.41) is 2.55. The zero-order valence-corrected chi connectivity index (χ0v) is 12.4. The monoisotopic (exact) mass is 310 g/mol. The van der Waals surface area contributed by atoms with Crippen LogP contribution >= 0.6 is 0 Å². The number of halogens is 1. The summed E-state index contributed by atoms with van der Waals surface area (Å²) in [5.41, 5.74) is 0. The van der Waals surface area contributed by atoms with E-state index in [0.717, 1.165) is 0 Å². The van der Waals surface area contributed by atoms with Crippen molar-refractivity contribution in [1.82, 2.24) is 10.2 Å². The Morgan fingerprint density at radius 3 is 2.73 bits per heavy atom. The molecule has 2 amide bonds. The van der Waals surface area contributed by atoms with Crippen molar-refractivity contribution in [1.29, 1.82) is 0 Å². The smallest absolute Gasteiger partial charge is 0.258 e. The third-order valence-corrected chi connectivity index (χ3v) is 3.27. The van der Waals surface area contributed by atoms with Crippen molar-refractivity contribution in [2.75, 3.05) is 32.9 Å². The van der Waals surface area contributed by atoms with Gasteiger partial charge in [0, 0.05) is 13.1 Å². The van der Waals surface area contributed by atoms with E-state index >= 15 is 0 Å². The van der Waals surface area contributed by atoms with Crippen molar-refractivity contribution >= 4 is 11.8 Å². The first-order valence-corrected chi connectivity index (χ1v) is 7.11. The molecule has 2 rings (SSSR count). The lowest BCUT2D eigenvalue weighted by Crippen LogP contribution is -2.51. The Morgan fingerprint density at radius 2 is 2.05 bits per heavy atom. The van der Waals surface area contributed by atoms with Gasteiger partial charge >= 0.3 is 0 Å². The van der Waals surface area contributed by atoms with Gasteiger partial charge in [-0.2, -0.15) is 0 Å². The Morgan fingerprint density at radius 1 is 1.36 bits per heavy atom. The number of hydrogen-bond donors (Lipinski definition) is 1. The van der Waals surface area contributed by atoms with Gasteiger partial charge in [-0.15, -0.1) is 0 Å². The number of nitrogens with zero attached hydrogens (tertiary/aromatic N) is 1. The molecule has 1 aromatic rings. The van der Waals surface area contributed by atoms with Crippen molar-refractivity contribution in [3.63, 3.8) is 0 Å². The minimum absolute atomic E-state index is 0.00445. The number of carbonyl (C=O) groups is 2. The third kappa shape index (κ3) is 4.42. The lowest BCUT2D eigenvalue weighted by atomic mass is 10.2. The molecule has 22 heavy (non-hydrogen) atoms. The van der Waals surface area contributed by atoms with Gasteiger partial charge in [0.05, 0.1) is 13.2 Å². The van der Waals surface area contributed by atoms with Crippen molar-refractivity contribution in [2.24, 2.45) is 0 Å². The van der Waals surface area contributed by atoms with E-state index in [4.69, 9.17) is 9.47 Å². The number of nitrogens with one attached hydrogen (secondary N) is 1. The van der Waals surface area contributed by atoms with Crippen molar-refractivity contribution in [3.8, 4) is 5.75 Å². The van der Waals surface area contributed by atoms with Crippen LogP contribution in [0.5, 0.6) is 5.75 Å². The molecule has 1 fully saturated rings. The second-order valence-electron chi connectivity index (χ2n) is 4.95. The van der Waals surface area contributed by atoms with Crippen LogP contribution in [-0.4, -0.2) is 55.7 Å². The number of para-hydroxylation sites is 1. The highest BCUT2D eigenvalue weighted by molar-refractivity contribution is 5.87. The normalized spacial score (nSPS) is 16.0. The third-order valence-electron chi connectivity index (χ3n) is 3.27. The molecule has 1 heterocycles. The summed E-state index contributed by atoms with van der Waals surface area (Å²) in [7, 11) is 0. The second kappa shape index (κ2) is 7.74. The van der Waals surface area contributed by atoms with E-state index in [2.05, 4.69) is 5.32 Å². The van der Waals surface area contributed by atoms with Gasteiger partial charge in [-0.05, 0) is 19.1 Å². The standard InChI is InChI=1S/C15H19FN2O4/c1-11(15(20)18-6-8-21-9-7-18)17-14(19)10-22-13-5-3-2-4-12(13)16/h2-5,11H,6-10H2,1H3,(H,17,19). The molecule has 1 N–H and O–H groups in total. The summed E-state index contributed by atoms with van der Waals surface area (Å²) in [6.07, 6.45) is 0. The van der Waals surface area contributed by atoms with E-state index in [0.29, 0.717) is 26.3 Å². The Hall–Kier alpha value is -2.15. The summed E-state index contributed by atoms with van der Waals surface area (Å²) in [6, 6.07) is 5.17. The Kier molecular flexibility index (Phi) is 5.71. The van der Waals surface area contributed by atoms with Crippen LogP contribution in [0.4, 0.5) is 4.39 Å². The zero-order valence-electron chi connectivity index (χ0n) is 12.4. The van der Waals surface area contributed by atoms with Crippen molar-refractivity contribution < 1.29 is 23.5 Å². The number of amides is 2. The molecule has 0 spiro atoms. The molecular formula is C15H19FN2O4. The molecule has 6 nitrogen and oxygen atoms in total. The molecule has 0 aromatic heterocycles. The topological polar surface area (TPSA) is 67.9 Å². The maximum Gasteiger partial charge on any atom is 0.258 e. The summed E-state index contributed by atoms with van der Waals surface area (Å²) in [4.78, 5) is 25.5. The van der Waals surface area contributed by atoms with E-state index in [1.165, 1.54) is 18.2 Å². The minimum atomic E-state index is -0.658. The molecule has 1 unspecified atom stereocenters. The highest BCUT2D eigenvalue weighted by Crippen LogP contribution is 2.14. The molecule has 1 aromatic carbocycles. The SMILES string of the molecule is CC(NC(=O)COc1ccccc1F)C(=O)N1CCOCC1. The first-order valence-electron chi connectivity index (χ1n) is 7.11. The van der Waals surface area contributed by atoms with Crippen LogP contribution in [0.3, 0.4) is 0 Å². The molecule has 0 radical (unpaired) electrons. The van der Waals surface area contributed by atoms with Crippen LogP contribution in [0, 0.1) is 5.82 Å². The van der Waals surface area contributed by atoms with E-state index < -0.39 is 17.8 Å². The lowest BCUT2D eigenvalue weighted by molar-refractivity contribution is -0.139. The number of morpholine rings is 1. The van der Waals surface area contributed by atoms with Gasteiger partial charge in [-0.1, -0.05) is 12.1 Å². The number of rotatable bonds is 5. The Bertz CT molecular complexity index is 532. The largest absolute Gasteiger partial charge is 0.481 e. The maximum atomic E-state index is 13.3. The fourth-order valence-corrected chi connectivity index (χ4v) is 2.11. The van der Waals surface area contributed by atoms with E-state index in [1.54, 1.807) is 17.9 Å². The number of carbonyl (C=O) groups excluding carboxylic acids is 2. The molecule has 1 atom stereocenters. The molecule has 0 saturated carbocycles. The predicted octanol–water partition coefficient (Wildman–Crippen LogP) is 0.568. The quantitative estimate of drug-likeness (QED) is 0.863. The molecule has 1 aliphatic rings. The van der Waals surface area contributed by atoms with Gasteiger partial charge in [0.1, 0.15) is 6.04 Å². The van der Waals surface area contributed by atoms with Crippen LogP contribution in [-0.2, 0) is 14.3 Å². The first-order chi connectivity index (χ1) is 10.6. The van der Waals surface area contributed by atoms with Crippen LogP contribution in [0.25, 0.3) is 0 Å². The summed E-state index contributed by atoms with van der Waals surface area (Å²) in [5.74, 6) is -1.17. The van der Waals surface area contributed by atoms with Gasteiger partial charge in [0.15, 0.2) is 18.2 Å². The fraction of sp³-hybridized carbons (Fsp3) is 0.467. The minimum Gasteiger partial charge on any atom is -0.481 e. The van der Waals surface area contributed by atoms with E-state index in [-0.39, 0.29) is 18.3 Å². The average Bonchev–Trinajstić information content (AvgIpc) is 2.54. The van der Waals surface area contributed by atoms with Crippen LogP contribution in [0.15, 0.2) is 24.3 Å². The zero-order chi connectivity index (χ0) is 15.9. The van der Waals surface area contributed by atoms with Crippen LogP contribution < -0.4 is 10.1 Å². The molecule has 1 aliphatic heterocycles. The van der Waals surface area contributed by atoms with Gasteiger partial charge in [0.2, 0.25) is 5.91 Å². The van der Waals surface area contributed by atoms with Gasteiger partial charge in [-0.3, -0.25) is 9.59 Å². The number of hydrogen-bond acceptors (Lipinski definition) is 4. The van der Waals surface area contributed by atoms with Gasteiger partial charge in [-0.25, -0.2) is 4.39 Å². The Balaban J connectivity index is 1.78. The predicted molar refractivity (Wildman–Crippen MR) is 76.9 cm³/mol. The van der Waals surface area contributed by atoms with E-state index in [9.17, 15) is 14.0 Å². The molecule has 0 aliphatic carbocycles. The molecule has 120 valence electrons. The highest BCUT2D eigenvalue weighted by Gasteiger charge is 2.23. The maximum absolute atomic E-state index is 13.3. The van der Waals surface area contributed by atoms with Crippen molar-refractivity contribution in [2.45, 2.75) is 13.0 Å². The first kappa shape index (κ1) is 16.2. The molecule has 7 heteroatoms. The molecule has 0 bridgehead atoms. The lowest BCUT2D eigenvalue weighted by Gasteiger charge is -2.29. The highest BCUT2D eigenvalue weighted by atomic mass is 19.1. The van der Waals surface area contributed by atoms with Crippen LogP contribution in [0.2, 0.25) is 0 Å². The van der Waals surface area contributed by atoms with Crippen LogP contribution in [0.1, 0.15) is 6.92 Å². The fourth-order valence-electron chi connectivity index (χ4n) is 2.11. The number of benzene rings is 1. The summed E-state index contributed by atoms with van der Waals surface area (Å²) >= 11 is 0. The Labute approximate surface area is 128 Å². The van der Waals surface area contributed by atoms with Gasteiger partial charge < -0.3 is 19.7 Å². The number of ether oxygens (including phenoxy) is 2. The molecular weight excluding hydrogens is 291 g/mol. The van der Waals surface area contributed by atoms with E-state index in [1.807, 2.05) is 0 Å². The van der Waals surface area contributed by atoms with Crippen molar-refractivity contribution in [3.05, 3.63) is 30.1 Å². The average molecular weight is 310 g/mol. The van der Waals surface area contributed by atoms with Gasteiger partial charge in [0.25, 0.3) is 5.91 Å². The second-order valence-corrected chi connectivity index (χ2v) is 4.95. The summed E-state index contributed by atoms with van der Waals surface area (Å²) in [6.45, 7) is 3.31. The summed E-state index contributed by atoms with van der Waals surface area (Å²) < 4.78 is 23.6.